The molecule has 1 aromatic heterocycles. The molecule has 3 aromatic rings. The van der Waals surface area contributed by atoms with E-state index in [2.05, 4.69) is 5.32 Å². The van der Waals surface area contributed by atoms with Crippen LogP contribution in [0, 0.1) is 5.82 Å². The molecule has 0 fully saturated rings. The normalized spacial score (nSPS) is 10.4. The van der Waals surface area contributed by atoms with E-state index in [1.54, 1.807) is 0 Å². The zero-order chi connectivity index (χ0) is 22.5. The maximum Gasteiger partial charge on any atom is 0.374 e. The number of hydrogen-bond donors (Lipinski definition) is 3. The van der Waals surface area contributed by atoms with Crippen molar-refractivity contribution >= 4 is 29.4 Å². The first-order chi connectivity index (χ1) is 14.7. The number of amides is 3. The minimum atomic E-state index is -0.896. The first-order valence-corrected chi connectivity index (χ1v) is 8.80. The van der Waals surface area contributed by atoms with E-state index in [9.17, 15) is 23.6 Å². The summed E-state index contributed by atoms with van der Waals surface area (Å²) in [7, 11) is 0. The van der Waals surface area contributed by atoms with Gasteiger partial charge in [0.2, 0.25) is 17.6 Å². The summed E-state index contributed by atoms with van der Waals surface area (Å²) in [4.78, 5) is 46.9. The van der Waals surface area contributed by atoms with Gasteiger partial charge in [0.25, 0.3) is 5.91 Å². The third-order valence-corrected chi connectivity index (χ3v) is 4.06. The number of anilines is 1. The number of esters is 1. The molecule has 0 spiro atoms. The van der Waals surface area contributed by atoms with E-state index in [1.165, 1.54) is 54.6 Å². The van der Waals surface area contributed by atoms with E-state index in [1.807, 2.05) is 0 Å². The van der Waals surface area contributed by atoms with Gasteiger partial charge in [-0.3, -0.25) is 14.4 Å². The van der Waals surface area contributed by atoms with Gasteiger partial charge in [0, 0.05) is 22.4 Å². The lowest BCUT2D eigenvalue weighted by atomic mass is 10.1. The van der Waals surface area contributed by atoms with Crippen LogP contribution >= 0.6 is 0 Å². The molecule has 0 aliphatic rings. The summed E-state index contributed by atoms with van der Waals surface area (Å²) in [5.74, 6) is -3.52. The molecule has 3 rings (SSSR count). The third-order valence-electron chi connectivity index (χ3n) is 4.06. The Hall–Kier alpha value is -4.47. The van der Waals surface area contributed by atoms with Crippen LogP contribution in [0.4, 0.5) is 10.1 Å². The Bertz CT molecular complexity index is 1140. The zero-order valence-corrected chi connectivity index (χ0v) is 15.9. The van der Waals surface area contributed by atoms with Crippen molar-refractivity contribution in [3.63, 3.8) is 0 Å². The summed E-state index contributed by atoms with van der Waals surface area (Å²) in [6.45, 7) is -0.669. The molecule has 0 aliphatic heterocycles. The first kappa shape index (κ1) is 21.2. The summed E-state index contributed by atoms with van der Waals surface area (Å²) in [5.41, 5.74) is 10.9. The average Bonchev–Trinajstić information content (AvgIpc) is 3.22. The standard InChI is InChI=1S/C21H16FN3O6/c22-14-3-1-11(2-4-14)16-5-6-17(31-16)21(29)30-10-18(26)25-15-8-12(19(23)27)7-13(9-15)20(24)28/h1-9H,10H2,(H2,23,27)(H2,24,28)(H,25,26). The van der Waals surface area contributed by atoms with E-state index in [0.29, 0.717) is 11.3 Å². The highest BCUT2D eigenvalue weighted by molar-refractivity contribution is 6.02. The molecule has 2 aromatic carbocycles. The molecule has 158 valence electrons. The van der Waals surface area contributed by atoms with Gasteiger partial charge in [0.1, 0.15) is 11.6 Å². The topological polar surface area (TPSA) is 155 Å². The van der Waals surface area contributed by atoms with Gasteiger partial charge in [-0.1, -0.05) is 0 Å². The van der Waals surface area contributed by atoms with Crippen LogP contribution < -0.4 is 16.8 Å². The molecule has 3 amide bonds. The van der Waals surface area contributed by atoms with Crippen LogP contribution in [0.5, 0.6) is 0 Å². The fourth-order valence-electron chi connectivity index (χ4n) is 2.60. The fourth-order valence-corrected chi connectivity index (χ4v) is 2.60. The second-order valence-corrected chi connectivity index (χ2v) is 6.32. The van der Waals surface area contributed by atoms with Gasteiger partial charge in [-0.25, -0.2) is 9.18 Å². The number of benzene rings is 2. The smallest absolute Gasteiger partial charge is 0.374 e. The molecule has 0 saturated heterocycles. The van der Waals surface area contributed by atoms with Gasteiger partial charge >= 0.3 is 5.97 Å². The van der Waals surface area contributed by atoms with E-state index >= 15 is 0 Å². The number of hydrogen-bond acceptors (Lipinski definition) is 6. The molecular formula is C21H16FN3O6. The molecule has 0 atom stereocenters. The van der Waals surface area contributed by atoms with Crippen molar-refractivity contribution in [2.75, 3.05) is 11.9 Å². The lowest BCUT2D eigenvalue weighted by Crippen LogP contribution is -2.22. The highest BCUT2D eigenvalue weighted by atomic mass is 19.1. The fraction of sp³-hybridized carbons (Fsp3) is 0.0476. The monoisotopic (exact) mass is 425 g/mol. The maximum absolute atomic E-state index is 13.0. The van der Waals surface area contributed by atoms with Crippen LogP contribution in [0.25, 0.3) is 11.3 Å². The van der Waals surface area contributed by atoms with Crippen molar-refractivity contribution in [3.05, 3.63) is 77.3 Å². The second kappa shape index (κ2) is 8.91. The first-order valence-electron chi connectivity index (χ1n) is 8.80. The molecule has 0 bridgehead atoms. The number of furan rings is 1. The zero-order valence-electron chi connectivity index (χ0n) is 15.9. The van der Waals surface area contributed by atoms with Crippen LogP contribution in [0.15, 0.2) is 59.0 Å². The Balaban J connectivity index is 1.62. The largest absolute Gasteiger partial charge is 0.450 e. The van der Waals surface area contributed by atoms with Gasteiger partial charge in [0.05, 0.1) is 0 Å². The number of carbonyl (C=O) groups is 4. The molecule has 9 nitrogen and oxygen atoms in total. The summed E-state index contributed by atoms with van der Waals surface area (Å²) in [5, 5.41) is 2.38. The molecular weight excluding hydrogens is 409 g/mol. The molecule has 1 heterocycles. The van der Waals surface area contributed by atoms with Gasteiger partial charge in [-0.2, -0.15) is 0 Å². The number of halogens is 1. The van der Waals surface area contributed by atoms with Gasteiger partial charge in [-0.05, 0) is 54.6 Å². The van der Waals surface area contributed by atoms with Crippen LogP contribution in [-0.2, 0) is 9.53 Å². The van der Waals surface area contributed by atoms with Crippen molar-refractivity contribution in [1.29, 1.82) is 0 Å². The Morgan fingerprint density at radius 3 is 2.10 bits per heavy atom. The minimum Gasteiger partial charge on any atom is -0.450 e. The molecule has 31 heavy (non-hydrogen) atoms. The highest BCUT2D eigenvalue weighted by Gasteiger charge is 2.16. The molecule has 0 saturated carbocycles. The number of nitrogens with one attached hydrogen (secondary N) is 1. The van der Waals surface area contributed by atoms with Crippen molar-refractivity contribution in [2.45, 2.75) is 0 Å². The summed E-state index contributed by atoms with van der Waals surface area (Å²) in [6.07, 6.45) is 0. The van der Waals surface area contributed by atoms with Crippen LogP contribution in [0.1, 0.15) is 31.3 Å². The minimum absolute atomic E-state index is 0.0347. The van der Waals surface area contributed by atoms with Gasteiger partial charge in [-0.15, -0.1) is 0 Å². The SMILES string of the molecule is NC(=O)c1cc(NC(=O)COC(=O)c2ccc(-c3ccc(F)cc3)o2)cc(C(N)=O)c1. The van der Waals surface area contributed by atoms with Crippen LogP contribution in [0.3, 0.4) is 0 Å². The lowest BCUT2D eigenvalue weighted by molar-refractivity contribution is -0.119. The number of ether oxygens (including phenoxy) is 1. The Kier molecular flexibility index (Phi) is 6.10. The van der Waals surface area contributed by atoms with Gasteiger partial charge < -0.3 is 25.9 Å². The Morgan fingerprint density at radius 1 is 0.903 bits per heavy atom. The molecule has 0 unspecified atom stereocenters. The number of rotatable bonds is 7. The van der Waals surface area contributed by atoms with Crippen molar-refractivity contribution in [2.24, 2.45) is 11.5 Å². The van der Waals surface area contributed by atoms with E-state index in [0.717, 1.165) is 0 Å². The molecule has 0 aliphatic carbocycles. The predicted molar refractivity (Wildman–Crippen MR) is 106 cm³/mol. The Morgan fingerprint density at radius 2 is 1.52 bits per heavy atom. The van der Waals surface area contributed by atoms with Crippen LogP contribution in [0.2, 0.25) is 0 Å². The third kappa shape index (κ3) is 5.32. The highest BCUT2D eigenvalue weighted by Crippen LogP contribution is 2.23. The summed E-state index contributed by atoms with van der Waals surface area (Å²) in [6, 6.07) is 12.0. The van der Waals surface area contributed by atoms with Crippen molar-refractivity contribution in [3.8, 4) is 11.3 Å². The van der Waals surface area contributed by atoms with Crippen molar-refractivity contribution in [1.82, 2.24) is 0 Å². The van der Waals surface area contributed by atoms with Crippen LogP contribution in [-0.4, -0.2) is 30.3 Å². The van der Waals surface area contributed by atoms with E-state index in [-0.39, 0.29) is 22.6 Å². The predicted octanol–water partition coefficient (Wildman–Crippen LogP) is 2.08. The molecule has 10 heteroatoms. The quantitative estimate of drug-likeness (QED) is 0.492. The average molecular weight is 425 g/mol. The maximum atomic E-state index is 13.0. The van der Waals surface area contributed by atoms with Gasteiger partial charge in [0.15, 0.2) is 6.61 Å². The van der Waals surface area contributed by atoms with Crippen molar-refractivity contribution < 1.29 is 32.7 Å². The molecule has 5 N–H and O–H groups in total. The second-order valence-electron chi connectivity index (χ2n) is 6.32. The van der Waals surface area contributed by atoms with E-state index in [4.69, 9.17) is 20.6 Å². The summed E-state index contributed by atoms with van der Waals surface area (Å²) < 4.78 is 23.3. The van der Waals surface area contributed by atoms with E-state index < -0.39 is 36.1 Å². The molecule has 0 radical (unpaired) electrons. The number of primary amides is 2. The lowest BCUT2D eigenvalue weighted by Gasteiger charge is -2.08. The Labute approximate surface area is 174 Å². The summed E-state index contributed by atoms with van der Waals surface area (Å²) >= 11 is 0. The number of nitrogens with two attached hydrogens (primary N) is 2. The number of carbonyl (C=O) groups excluding carboxylic acids is 4.